The summed E-state index contributed by atoms with van der Waals surface area (Å²) < 4.78 is 17.9. The van der Waals surface area contributed by atoms with Crippen LogP contribution in [-0.4, -0.2) is 24.5 Å². The highest BCUT2D eigenvalue weighted by atomic mass is 19.1. The molecule has 1 atom stereocenters. The van der Waals surface area contributed by atoms with Crippen LogP contribution in [-0.2, 0) is 20.7 Å². The third kappa shape index (κ3) is 5.82. The van der Waals surface area contributed by atoms with Gasteiger partial charge in [-0.2, -0.15) is 0 Å². The van der Waals surface area contributed by atoms with Gasteiger partial charge in [0.1, 0.15) is 5.82 Å². The summed E-state index contributed by atoms with van der Waals surface area (Å²) in [6.07, 6.45) is 0.377. The number of carbonyl (C=O) groups excluding carboxylic acids is 2. The third-order valence-electron chi connectivity index (χ3n) is 2.63. The zero-order chi connectivity index (χ0) is 15.1. The molecule has 1 unspecified atom stereocenters. The Kier molecular flexibility index (Phi) is 6.15. The molecule has 1 rings (SSSR count). The minimum Gasteiger partial charge on any atom is -0.455 e. The van der Waals surface area contributed by atoms with Crippen molar-refractivity contribution in [2.75, 3.05) is 6.61 Å². The summed E-state index contributed by atoms with van der Waals surface area (Å²) in [7, 11) is 0. The summed E-state index contributed by atoms with van der Waals surface area (Å²) in [6.45, 7) is 5.05. The highest BCUT2D eigenvalue weighted by Crippen LogP contribution is 2.11. The molecule has 0 aromatic heterocycles. The third-order valence-corrected chi connectivity index (χ3v) is 2.63. The highest BCUT2D eigenvalue weighted by molar-refractivity contribution is 5.81. The smallest absolute Gasteiger partial charge is 0.309 e. The Morgan fingerprint density at radius 3 is 2.60 bits per heavy atom. The number of benzene rings is 1. The largest absolute Gasteiger partial charge is 0.455 e. The average molecular weight is 281 g/mol. The van der Waals surface area contributed by atoms with Gasteiger partial charge in [0.05, 0.1) is 5.92 Å². The molecule has 0 aliphatic heterocycles. The Balaban J connectivity index is 2.41. The first-order chi connectivity index (χ1) is 9.38. The Bertz CT molecular complexity index is 474. The number of halogens is 1. The monoisotopic (exact) mass is 281 g/mol. The summed E-state index contributed by atoms with van der Waals surface area (Å²) in [5.41, 5.74) is 0.723. The van der Waals surface area contributed by atoms with Crippen molar-refractivity contribution in [3.8, 4) is 0 Å². The van der Waals surface area contributed by atoms with Gasteiger partial charge < -0.3 is 10.1 Å². The Labute approximate surface area is 118 Å². The number of ether oxygens (including phenoxy) is 1. The molecule has 5 heteroatoms. The molecular formula is C15H20FNO3. The van der Waals surface area contributed by atoms with Crippen LogP contribution in [0.3, 0.4) is 0 Å². The van der Waals surface area contributed by atoms with E-state index in [4.69, 9.17) is 4.74 Å². The Morgan fingerprint density at radius 1 is 1.30 bits per heavy atom. The van der Waals surface area contributed by atoms with Gasteiger partial charge in [0.15, 0.2) is 6.61 Å². The summed E-state index contributed by atoms with van der Waals surface area (Å²) >= 11 is 0. The number of amides is 1. The van der Waals surface area contributed by atoms with Crippen LogP contribution < -0.4 is 5.32 Å². The summed E-state index contributed by atoms with van der Waals surface area (Å²) in [5.74, 6) is -1.55. The summed E-state index contributed by atoms with van der Waals surface area (Å²) in [6, 6.07) is 6.08. The second kappa shape index (κ2) is 7.62. The van der Waals surface area contributed by atoms with Gasteiger partial charge in [0.2, 0.25) is 0 Å². The molecule has 20 heavy (non-hydrogen) atoms. The lowest BCUT2D eigenvalue weighted by Crippen LogP contribution is -2.34. The van der Waals surface area contributed by atoms with Crippen LogP contribution in [0.4, 0.5) is 4.39 Å². The van der Waals surface area contributed by atoms with Crippen LogP contribution in [0.15, 0.2) is 24.3 Å². The summed E-state index contributed by atoms with van der Waals surface area (Å²) in [4.78, 5) is 23.1. The molecule has 1 aromatic rings. The van der Waals surface area contributed by atoms with Gasteiger partial charge >= 0.3 is 5.97 Å². The second-order valence-electron chi connectivity index (χ2n) is 5.07. The summed E-state index contributed by atoms with van der Waals surface area (Å²) in [5, 5.41) is 2.63. The number of esters is 1. The second-order valence-corrected chi connectivity index (χ2v) is 5.07. The quantitative estimate of drug-likeness (QED) is 0.812. The predicted octanol–water partition coefficient (Wildman–Crippen LogP) is 2.07. The molecule has 110 valence electrons. The van der Waals surface area contributed by atoms with Crippen molar-refractivity contribution < 1.29 is 18.7 Å². The van der Waals surface area contributed by atoms with Gasteiger partial charge in [0, 0.05) is 6.04 Å². The lowest BCUT2D eigenvalue weighted by molar-refractivity contribution is -0.152. The van der Waals surface area contributed by atoms with Crippen molar-refractivity contribution in [3.63, 3.8) is 0 Å². The first-order valence-corrected chi connectivity index (χ1v) is 6.59. The number of hydrogen-bond donors (Lipinski definition) is 1. The van der Waals surface area contributed by atoms with Crippen molar-refractivity contribution in [2.24, 2.45) is 5.92 Å². The van der Waals surface area contributed by atoms with Crippen molar-refractivity contribution in [2.45, 2.75) is 33.2 Å². The van der Waals surface area contributed by atoms with E-state index < -0.39 is 11.9 Å². The zero-order valence-corrected chi connectivity index (χ0v) is 12.0. The van der Waals surface area contributed by atoms with E-state index in [1.807, 2.05) is 13.8 Å². The van der Waals surface area contributed by atoms with Crippen LogP contribution in [0.5, 0.6) is 0 Å². The predicted molar refractivity (Wildman–Crippen MR) is 73.5 cm³/mol. The fraction of sp³-hybridized carbons (Fsp3) is 0.467. The van der Waals surface area contributed by atoms with E-state index in [1.54, 1.807) is 19.1 Å². The van der Waals surface area contributed by atoms with Crippen LogP contribution in [0, 0.1) is 11.7 Å². The molecule has 0 heterocycles. The Hall–Kier alpha value is -1.91. The highest BCUT2D eigenvalue weighted by Gasteiger charge is 2.17. The van der Waals surface area contributed by atoms with E-state index in [0.717, 1.165) is 5.56 Å². The van der Waals surface area contributed by atoms with Gasteiger partial charge in [-0.3, -0.25) is 9.59 Å². The van der Waals surface area contributed by atoms with E-state index in [-0.39, 0.29) is 24.4 Å². The molecular weight excluding hydrogens is 261 g/mol. The van der Waals surface area contributed by atoms with Gasteiger partial charge in [-0.05, 0) is 38.0 Å². The van der Waals surface area contributed by atoms with E-state index in [2.05, 4.69) is 5.32 Å². The SMILES string of the molecule is CC(C)NC(=O)COC(=O)C(C)Cc1cccc(F)c1. The lowest BCUT2D eigenvalue weighted by atomic mass is 10.0. The van der Waals surface area contributed by atoms with E-state index in [1.165, 1.54) is 12.1 Å². The topological polar surface area (TPSA) is 55.4 Å². The molecule has 1 amide bonds. The lowest BCUT2D eigenvalue weighted by Gasteiger charge is -2.12. The number of carbonyl (C=O) groups is 2. The van der Waals surface area contributed by atoms with E-state index in [9.17, 15) is 14.0 Å². The maximum Gasteiger partial charge on any atom is 0.309 e. The first-order valence-electron chi connectivity index (χ1n) is 6.59. The minimum absolute atomic E-state index is 0.00548. The molecule has 0 saturated heterocycles. The van der Waals surface area contributed by atoms with Crippen molar-refractivity contribution in [1.82, 2.24) is 5.32 Å². The normalized spacial score (nSPS) is 12.1. The standard InChI is InChI=1S/C15H20FNO3/c1-10(2)17-14(18)9-20-15(19)11(3)7-12-5-4-6-13(16)8-12/h4-6,8,10-11H,7,9H2,1-3H3,(H,17,18). The van der Waals surface area contributed by atoms with E-state index in [0.29, 0.717) is 6.42 Å². The van der Waals surface area contributed by atoms with Crippen LogP contribution in [0.2, 0.25) is 0 Å². The average Bonchev–Trinajstić information content (AvgIpc) is 2.35. The van der Waals surface area contributed by atoms with Gasteiger partial charge in [-0.1, -0.05) is 19.1 Å². The molecule has 4 nitrogen and oxygen atoms in total. The number of nitrogens with one attached hydrogen (secondary N) is 1. The van der Waals surface area contributed by atoms with Gasteiger partial charge in [-0.25, -0.2) is 4.39 Å². The fourth-order valence-electron chi connectivity index (χ4n) is 1.74. The van der Waals surface area contributed by atoms with Crippen molar-refractivity contribution in [1.29, 1.82) is 0 Å². The molecule has 0 aliphatic carbocycles. The van der Waals surface area contributed by atoms with E-state index >= 15 is 0 Å². The first kappa shape index (κ1) is 16.1. The maximum absolute atomic E-state index is 13.0. The number of hydrogen-bond acceptors (Lipinski definition) is 3. The molecule has 0 bridgehead atoms. The van der Waals surface area contributed by atoms with Gasteiger partial charge in [-0.15, -0.1) is 0 Å². The minimum atomic E-state index is -0.465. The van der Waals surface area contributed by atoms with Crippen molar-refractivity contribution in [3.05, 3.63) is 35.6 Å². The molecule has 0 fully saturated rings. The maximum atomic E-state index is 13.0. The number of rotatable bonds is 6. The van der Waals surface area contributed by atoms with Crippen LogP contribution >= 0.6 is 0 Å². The van der Waals surface area contributed by atoms with Crippen molar-refractivity contribution >= 4 is 11.9 Å². The fourth-order valence-corrected chi connectivity index (χ4v) is 1.74. The molecule has 0 aliphatic rings. The molecule has 0 saturated carbocycles. The zero-order valence-electron chi connectivity index (χ0n) is 12.0. The molecule has 0 spiro atoms. The molecule has 1 aromatic carbocycles. The molecule has 1 N–H and O–H groups in total. The van der Waals surface area contributed by atoms with Crippen LogP contribution in [0.25, 0.3) is 0 Å². The Morgan fingerprint density at radius 2 is 2.00 bits per heavy atom. The van der Waals surface area contributed by atoms with Crippen LogP contribution in [0.1, 0.15) is 26.3 Å². The molecule has 0 radical (unpaired) electrons. The van der Waals surface area contributed by atoms with Gasteiger partial charge in [0.25, 0.3) is 5.91 Å².